The third-order valence-corrected chi connectivity index (χ3v) is 3.17. The first kappa shape index (κ1) is 14.8. The molecule has 0 radical (unpaired) electrons. The highest BCUT2D eigenvalue weighted by Crippen LogP contribution is 2.23. The highest BCUT2D eigenvalue weighted by Gasteiger charge is 2.26. The molecule has 6 nitrogen and oxygen atoms in total. The lowest BCUT2D eigenvalue weighted by molar-refractivity contribution is -0.151. The molecule has 0 saturated heterocycles. The van der Waals surface area contributed by atoms with Gasteiger partial charge < -0.3 is 9.26 Å². The Morgan fingerprint density at radius 3 is 2.96 bits per heavy atom. The SMILES string of the molecule is O=C1N=CC=CC1C(=O)OCc1cc(-c2ccccc2F)on1. The number of aromatic nitrogens is 1. The summed E-state index contributed by atoms with van der Waals surface area (Å²) in [4.78, 5) is 26.8. The van der Waals surface area contributed by atoms with Gasteiger partial charge in [-0.2, -0.15) is 0 Å². The fourth-order valence-corrected chi connectivity index (χ4v) is 2.02. The van der Waals surface area contributed by atoms with Gasteiger partial charge in [0.05, 0.1) is 5.56 Å². The van der Waals surface area contributed by atoms with Gasteiger partial charge in [0.15, 0.2) is 11.7 Å². The van der Waals surface area contributed by atoms with Crippen molar-refractivity contribution >= 4 is 18.1 Å². The van der Waals surface area contributed by atoms with Crippen LogP contribution in [0.1, 0.15) is 5.69 Å². The van der Waals surface area contributed by atoms with Crippen molar-refractivity contribution in [2.45, 2.75) is 6.61 Å². The van der Waals surface area contributed by atoms with Gasteiger partial charge in [0.25, 0.3) is 5.91 Å². The molecule has 116 valence electrons. The lowest BCUT2D eigenvalue weighted by Gasteiger charge is -2.09. The molecule has 1 aliphatic heterocycles. The third-order valence-electron chi connectivity index (χ3n) is 3.17. The number of aliphatic imine (C=N–C) groups is 1. The third kappa shape index (κ3) is 3.23. The smallest absolute Gasteiger partial charge is 0.322 e. The number of rotatable bonds is 4. The highest BCUT2D eigenvalue weighted by atomic mass is 19.1. The van der Waals surface area contributed by atoms with Crippen LogP contribution in [0.25, 0.3) is 11.3 Å². The maximum atomic E-state index is 13.7. The van der Waals surface area contributed by atoms with Crippen molar-refractivity contribution in [2.75, 3.05) is 0 Å². The van der Waals surface area contributed by atoms with E-state index < -0.39 is 23.6 Å². The summed E-state index contributed by atoms with van der Waals surface area (Å²) in [6.45, 7) is -0.182. The lowest BCUT2D eigenvalue weighted by Crippen LogP contribution is -2.24. The van der Waals surface area contributed by atoms with Gasteiger partial charge >= 0.3 is 5.97 Å². The minimum Gasteiger partial charge on any atom is -0.458 e. The quantitative estimate of drug-likeness (QED) is 0.639. The molecule has 1 amide bonds. The fraction of sp³-hybridized carbons (Fsp3) is 0.125. The molecule has 1 atom stereocenters. The monoisotopic (exact) mass is 314 g/mol. The molecule has 2 heterocycles. The Balaban J connectivity index is 1.65. The molecule has 0 N–H and O–H groups in total. The molecule has 1 aromatic heterocycles. The lowest BCUT2D eigenvalue weighted by atomic mass is 10.1. The highest BCUT2D eigenvalue weighted by molar-refractivity contribution is 6.05. The topological polar surface area (TPSA) is 81.8 Å². The first-order valence-electron chi connectivity index (χ1n) is 6.77. The average molecular weight is 314 g/mol. The van der Waals surface area contributed by atoms with Gasteiger partial charge in [0, 0.05) is 12.3 Å². The fourth-order valence-electron chi connectivity index (χ4n) is 2.02. The summed E-state index contributed by atoms with van der Waals surface area (Å²) >= 11 is 0. The van der Waals surface area contributed by atoms with E-state index in [0.29, 0.717) is 5.69 Å². The molecule has 0 aliphatic carbocycles. The number of carbonyl (C=O) groups excluding carboxylic acids is 2. The number of benzene rings is 1. The Hall–Kier alpha value is -3.09. The molecule has 2 aromatic rings. The zero-order valence-electron chi connectivity index (χ0n) is 11.8. The van der Waals surface area contributed by atoms with Crippen LogP contribution in [0.15, 0.2) is 52.0 Å². The second-order valence-electron chi connectivity index (χ2n) is 4.75. The average Bonchev–Trinajstić information content (AvgIpc) is 3.02. The number of esters is 1. The van der Waals surface area contributed by atoms with E-state index in [1.54, 1.807) is 18.2 Å². The molecule has 0 saturated carbocycles. The van der Waals surface area contributed by atoms with E-state index >= 15 is 0 Å². The van der Waals surface area contributed by atoms with Gasteiger partial charge in [0.1, 0.15) is 18.1 Å². The maximum Gasteiger partial charge on any atom is 0.322 e. The number of allylic oxidation sites excluding steroid dienone is 1. The number of halogens is 1. The van der Waals surface area contributed by atoms with E-state index in [1.165, 1.54) is 30.5 Å². The molecule has 3 rings (SSSR count). The molecule has 1 aromatic carbocycles. The van der Waals surface area contributed by atoms with Gasteiger partial charge in [-0.3, -0.25) is 9.59 Å². The minimum atomic E-state index is -1.04. The summed E-state index contributed by atoms with van der Waals surface area (Å²) in [6.07, 6.45) is 4.22. The zero-order chi connectivity index (χ0) is 16.2. The van der Waals surface area contributed by atoms with E-state index in [0.717, 1.165) is 0 Å². The van der Waals surface area contributed by atoms with Crippen LogP contribution in [0.3, 0.4) is 0 Å². The maximum absolute atomic E-state index is 13.7. The van der Waals surface area contributed by atoms with E-state index in [1.807, 2.05) is 0 Å². The molecule has 0 fully saturated rings. The van der Waals surface area contributed by atoms with Gasteiger partial charge in [-0.25, -0.2) is 9.38 Å². The molecule has 0 spiro atoms. The van der Waals surface area contributed by atoms with Gasteiger partial charge in [0.2, 0.25) is 0 Å². The van der Waals surface area contributed by atoms with Crippen LogP contribution in [0, 0.1) is 11.7 Å². The number of hydrogen-bond donors (Lipinski definition) is 0. The van der Waals surface area contributed by atoms with Gasteiger partial charge in [-0.1, -0.05) is 23.4 Å². The van der Waals surface area contributed by atoms with Crippen LogP contribution >= 0.6 is 0 Å². The van der Waals surface area contributed by atoms with Crippen LogP contribution in [-0.2, 0) is 20.9 Å². The van der Waals surface area contributed by atoms with Crippen LogP contribution in [0.2, 0.25) is 0 Å². The van der Waals surface area contributed by atoms with E-state index in [4.69, 9.17) is 9.26 Å². The Kier molecular flexibility index (Phi) is 4.09. The summed E-state index contributed by atoms with van der Waals surface area (Å²) in [6, 6.07) is 7.56. The van der Waals surface area contributed by atoms with Crippen LogP contribution in [0.4, 0.5) is 4.39 Å². The van der Waals surface area contributed by atoms with Crippen molar-refractivity contribution < 1.29 is 23.2 Å². The molecule has 7 heteroatoms. The molecule has 0 bridgehead atoms. The number of amides is 1. The van der Waals surface area contributed by atoms with Crippen molar-refractivity contribution in [3.05, 3.63) is 54.0 Å². The Labute approximate surface area is 130 Å². The first-order valence-corrected chi connectivity index (χ1v) is 6.77. The first-order chi connectivity index (χ1) is 11.1. The Bertz CT molecular complexity index is 810. The summed E-state index contributed by atoms with van der Waals surface area (Å²) in [5.41, 5.74) is 0.574. The summed E-state index contributed by atoms with van der Waals surface area (Å²) in [5, 5.41) is 3.72. The van der Waals surface area contributed by atoms with E-state index in [9.17, 15) is 14.0 Å². The predicted octanol–water partition coefficient (Wildman–Crippen LogP) is 2.31. The van der Waals surface area contributed by atoms with Crippen LogP contribution in [-0.4, -0.2) is 23.2 Å². The van der Waals surface area contributed by atoms with Gasteiger partial charge in [-0.05, 0) is 18.2 Å². The zero-order valence-corrected chi connectivity index (χ0v) is 11.8. The Morgan fingerprint density at radius 1 is 1.35 bits per heavy atom. The number of dihydropyridines is 1. The molecular formula is C16H11FN2O4. The second-order valence-corrected chi connectivity index (χ2v) is 4.75. The summed E-state index contributed by atoms with van der Waals surface area (Å²) in [5.74, 6) is -2.56. The molecule has 1 aliphatic rings. The minimum absolute atomic E-state index is 0.182. The molecule has 23 heavy (non-hydrogen) atoms. The number of ether oxygens (including phenoxy) is 1. The largest absolute Gasteiger partial charge is 0.458 e. The summed E-state index contributed by atoms with van der Waals surface area (Å²) < 4.78 is 23.7. The number of hydrogen-bond acceptors (Lipinski definition) is 5. The molecule has 1 unspecified atom stereocenters. The summed E-state index contributed by atoms with van der Waals surface area (Å²) in [7, 11) is 0. The molecular weight excluding hydrogens is 303 g/mol. The van der Waals surface area contributed by atoms with E-state index in [-0.39, 0.29) is 17.9 Å². The van der Waals surface area contributed by atoms with Crippen molar-refractivity contribution in [1.29, 1.82) is 0 Å². The normalized spacial score (nSPS) is 16.6. The second kappa shape index (κ2) is 6.35. The van der Waals surface area contributed by atoms with Crippen molar-refractivity contribution in [3.63, 3.8) is 0 Å². The van der Waals surface area contributed by atoms with Crippen molar-refractivity contribution in [1.82, 2.24) is 5.16 Å². The van der Waals surface area contributed by atoms with Crippen molar-refractivity contribution in [2.24, 2.45) is 10.9 Å². The van der Waals surface area contributed by atoms with Crippen LogP contribution < -0.4 is 0 Å². The van der Waals surface area contributed by atoms with Crippen LogP contribution in [0.5, 0.6) is 0 Å². The Morgan fingerprint density at radius 2 is 2.17 bits per heavy atom. The van der Waals surface area contributed by atoms with E-state index in [2.05, 4.69) is 10.1 Å². The number of carbonyl (C=O) groups is 2. The standard InChI is InChI=1S/C16H11FN2O4/c17-13-6-2-1-4-11(13)14-8-10(19-23-14)9-22-16(21)12-5-3-7-18-15(12)20/h1-8,12H,9H2. The van der Waals surface area contributed by atoms with Crippen molar-refractivity contribution in [3.8, 4) is 11.3 Å². The predicted molar refractivity (Wildman–Crippen MR) is 77.8 cm³/mol. The van der Waals surface area contributed by atoms with Gasteiger partial charge in [-0.15, -0.1) is 0 Å². The number of nitrogens with zero attached hydrogens (tertiary/aromatic N) is 2.